The Morgan fingerprint density at radius 2 is 1.91 bits per heavy atom. The van der Waals surface area contributed by atoms with Gasteiger partial charge in [0.05, 0.1) is 12.2 Å². The van der Waals surface area contributed by atoms with Crippen LogP contribution in [0.3, 0.4) is 0 Å². The largest absolute Gasteiger partial charge is 0.369 e. The van der Waals surface area contributed by atoms with Crippen molar-refractivity contribution in [1.29, 1.82) is 0 Å². The average Bonchev–Trinajstić information content (AvgIpc) is 3.24. The minimum Gasteiger partial charge on any atom is -0.369 e. The molecule has 0 aromatic heterocycles. The highest BCUT2D eigenvalue weighted by molar-refractivity contribution is 5.78. The zero-order chi connectivity index (χ0) is 16.7. The topological polar surface area (TPSA) is 46.7 Å². The van der Waals surface area contributed by atoms with Crippen LogP contribution in [0.4, 0.5) is 0 Å². The first-order valence-corrected chi connectivity index (χ1v) is 9.10. The molecule has 0 aromatic carbocycles. The molecule has 3 heteroatoms. The van der Waals surface area contributed by atoms with Gasteiger partial charge in [0.1, 0.15) is 12.6 Å². The van der Waals surface area contributed by atoms with Gasteiger partial charge in [-0.3, -0.25) is 4.79 Å². The van der Waals surface area contributed by atoms with Crippen LogP contribution in [-0.4, -0.2) is 24.8 Å². The van der Waals surface area contributed by atoms with Gasteiger partial charge in [0, 0.05) is 6.42 Å². The molecule has 128 valence electrons. The van der Waals surface area contributed by atoms with Gasteiger partial charge in [-0.1, -0.05) is 33.3 Å². The molecule has 0 radical (unpaired) electrons. The standard InChI is InChI=1S/C20H30O3/c1-18(2)9-4-10-19(3)16(18)7-11-20(14-23-20)17(19)6-5-15(13-22)8-12-21/h5,12-13,16-17H,4,6-11,14H2,1-3H3/b15-5+/t16-,17-,19+,20+/m1/s1. The zero-order valence-electron chi connectivity index (χ0n) is 14.8. The normalized spacial score (nSPS) is 42.1. The molecule has 4 atom stereocenters. The molecule has 23 heavy (non-hydrogen) atoms. The fourth-order valence-electron chi connectivity index (χ4n) is 5.93. The molecule has 2 aliphatic carbocycles. The molecule has 2 saturated carbocycles. The summed E-state index contributed by atoms with van der Waals surface area (Å²) in [5.41, 5.74) is 1.34. The number of hydrogen-bond acceptors (Lipinski definition) is 3. The maximum Gasteiger partial charge on any atom is 0.146 e. The Bertz CT molecular complexity index is 515. The number of allylic oxidation sites excluding steroid dienone is 2. The Kier molecular flexibility index (Phi) is 4.29. The van der Waals surface area contributed by atoms with Gasteiger partial charge < -0.3 is 9.53 Å². The quantitative estimate of drug-likeness (QED) is 0.435. The third kappa shape index (κ3) is 2.82. The van der Waals surface area contributed by atoms with Crippen molar-refractivity contribution in [3.8, 4) is 0 Å². The molecule has 3 rings (SSSR count). The highest BCUT2D eigenvalue weighted by Gasteiger charge is 2.64. The van der Waals surface area contributed by atoms with Crippen LogP contribution in [0.15, 0.2) is 11.6 Å². The van der Waals surface area contributed by atoms with Crippen molar-refractivity contribution in [2.24, 2.45) is 22.7 Å². The van der Waals surface area contributed by atoms with E-state index in [2.05, 4.69) is 20.8 Å². The molecule has 3 aliphatic rings. The number of carbonyl (C=O) groups excluding carboxylic acids is 2. The number of rotatable bonds is 5. The number of epoxide rings is 1. The molecule has 0 N–H and O–H groups in total. The molecule has 0 unspecified atom stereocenters. The first-order valence-electron chi connectivity index (χ1n) is 9.10. The van der Waals surface area contributed by atoms with Crippen molar-refractivity contribution < 1.29 is 14.3 Å². The van der Waals surface area contributed by atoms with Gasteiger partial charge in [0.25, 0.3) is 0 Å². The summed E-state index contributed by atoms with van der Waals surface area (Å²) in [7, 11) is 0. The van der Waals surface area contributed by atoms with Gasteiger partial charge in [-0.25, -0.2) is 0 Å². The Hall–Kier alpha value is -0.960. The van der Waals surface area contributed by atoms with E-state index in [0.717, 1.165) is 37.9 Å². The summed E-state index contributed by atoms with van der Waals surface area (Å²) in [4.78, 5) is 21.9. The van der Waals surface area contributed by atoms with Crippen molar-refractivity contribution in [2.45, 2.75) is 71.3 Å². The van der Waals surface area contributed by atoms with E-state index in [4.69, 9.17) is 4.74 Å². The predicted molar refractivity (Wildman–Crippen MR) is 90.1 cm³/mol. The van der Waals surface area contributed by atoms with Crippen LogP contribution in [0.2, 0.25) is 0 Å². The van der Waals surface area contributed by atoms with E-state index in [1.807, 2.05) is 6.08 Å². The smallest absolute Gasteiger partial charge is 0.146 e. The van der Waals surface area contributed by atoms with Gasteiger partial charge >= 0.3 is 0 Å². The lowest BCUT2D eigenvalue weighted by Gasteiger charge is -2.59. The first-order chi connectivity index (χ1) is 10.9. The van der Waals surface area contributed by atoms with Gasteiger partial charge in [0.2, 0.25) is 0 Å². The van der Waals surface area contributed by atoms with Gasteiger partial charge in [-0.05, 0) is 60.3 Å². The molecule has 1 aliphatic heterocycles. The molecule has 0 aromatic rings. The lowest BCUT2D eigenvalue weighted by atomic mass is 9.46. The summed E-state index contributed by atoms with van der Waals surface area (Å²) >= 11 is 0. The van der Waals surface area contributed by atoms with E-state index in [1.54, 1.807) is 0 Å². The highest BCUT2D eigenvalue weighted by atomic mass is 16.6. The second-order valence-corrected chi connectivity index (χ2v) is 8.85. The van der Waals surface area contributed by atoms with E-state index in [9.17, 15) is 9.59 Å². The lowest BCUT2D eigenvalue weighted by molar-refractivity contribution is -0.109. The van der Waals surface area contributed by atoms with Crippen molar-refractivity contribution in [1.82, 2.24) is 0 Å². The molecule has 3 nitrogen and oxygen atoms in total. The van der Waals surface area contributed by atoms with Crippen molar-refractivity contribution in [2.75, 3.05) is 6.61 Å². The highest BCUT2D eigenvalue weighted by Crippen LogP contribution is 2.66. The Balaban J connectivity index is 1.88. The van der Waals surface area contributed by atoms with E-state index in [-0.39, 0.29) is 17.4 Å². The zero-order valence-corrected chi connectivity index (χ0v) is 14.8. The number of fused-ring (bicyclic) bond motifs is 1. The Labute approximate surface area is 139 Å². The molecule has 1 saturated heterocycles. The number of aldehydes is 2. The van der Waals surface area contributed by atoms with Crippen molar-refractivity contribution >= 4 is 12.6 Å². The Morgan fingerprint density at radius 1 is 1.17 bits per heavy atom. The minimum absolute atomic E-state index is 0.0460. The van der Waals surface area contributed by atoms with Crippen LogP contribution < -0.4 is 0 Å². The summed E-state index contributed by atoms with van der Waals surface area (Å²) in [6.45, 7) is 8.19. The third-order valence-corrected chi connectivity index (χ3v) is 7.16. The van der Waals surface area contributed by atoms with Gasteiger partial charge in [0.15, 0.2) is 0 Å². The van der Waals surface area contributed by atoms with Crippen LogP contribution >= 0.6 is 0 Å². The molecule has 3 fully saturated rings. The second kappa shape index (κ2) is 5.84. The van der Waals surface area contributed by atoms with Crippen LogP contribution in [-0.2, 0) is 14.3 Å². The maximum atomic E-state index is 11.2. The second-order valence-electron chi connectivity index (χ2n) is 8.85. The summed E-state index contributed by atoms with van der Waals surface area (Å²) in [5.74, 6) is 1.19. The molecular weight excluding hydrogens is 288 g/mol. The molecular formula is C20H30O3. The van der Waals surface area contributed by atoms with E-state index < -0.39 is 0 Å². The maximum absolute atomic E-state index is 11.2. The van der Waals surface area contributed by atoms with Crippen LogP contribution in [0, 0.1) is 22.7 Å². The van der Waals surface area contributed by atoms with E-state index in [0.29, 0.717) is 16.9 Å². The molecule has 0 amide bonds. The summed E-state index contributed by atoms with van der Waals surface area (Å²) < 4.78 is 5.97. The molecule has 1 spiro atoms. The minimum atomic E-state index is 0.0460. The van der Waals surface area contributed by atoms with Crippen molar-refractivity contribution in [3.05, 3.63) is 11.6 Å². The predicted octanol–water partition coefficient (Wildman–Crippen LogP) is 4.10. The number of carbonyl (C=O) groups is 2. The monoisotopic (exact) mass is 318 g/mol. The van der Waals surface area contributed by atoms with Crippen LogP contribution in [0.5, 0.6) is 0 Å². The molecule has 1 heterocycles. The summed E-state index contributed by atoms with van der Waals surface area (Å²) in [6, 6.07) is 0. The fourth-order valence-corrected chi connectivity index (χ4v) is 5.93. The van der Waals surface area contributed by atoms with Crippen molar-refractivity contribution in [3.63, 3.8) is 0 Å². The fraction of sp³-hybridized carbons (Fsp3) is 0.800. The summed E-state index contributed by atoms with van der Waals surface area (Å²) in [6.07, 6.45) is 11.0. The Morgan fingerprint density at radius 3 is 2.52 bits per heavy atom. The van der Waals surface area contributed by atoms with Crippen LogP contribution in [0.25, 0.3) is 0 Å². The number of ether oxygens (including phenoxy) is 1. The van der Waals surface area contributed by atoms with E-state index >= 15 is 0 Å². The average molecular weight is 318 g/mol. The third-order valence-electron chi connectivity index (χ3n) is 7.16. The number of hydrogen-bond donors (Lipinski definition) is 0. The van der Waals surface area contributed by atoms with Crippen LogP contribution in [0.1, 0.15) is 65.7 Å². The summed E-state index contributed by atoms with van der Waals surface area (Å²) in [5, 5.41) is 0. The first kappa shape index (κ1) is 16.9. The lowest BCUT2D eigenvalue weighted by Crippen LogP contribution is -2.54. The SMILES string of the molecule is CC1(C)CCC[C@@]2(C)[C@@H]1CC[C@]1(CO1)[C@@H]2C/C=C(/C=O)CC=O. The van der Waals surface area contributed by atoms with Gasteiger partial charge in [-0.15, -0.1) is 0 Å². The molecule has 0 bridgehead atoms. The van der Waals surface area contributed by atoms with Gasteiger partial charge in [-0.2, -0.15) is 0 Å². The van der Waals surface area contributed by atoms with E-state index in [1.165, 1.54) is 25.7 Å².